The predicted molar refractivity (Wildman–Crippen MR) is 81.4 cm³/mol. The van der Waals surface area contributed by atoms with E-state index in [-0.39, 0.29) is 19.4 Å². The van der Waals surface area contributed by atoms with E-state index >= 15 is 0 Å². The summed E-state index contributed by atoms with van der Waals surface area (Å²) in [5.74, 6) is -5.38. The van der Waals surface area contributed by atoms with Crippen molar-refractivity contribution >= 4 is 11.9 Å². The normalized spacial score (nSPS) is 17.7. The van der Waals surface area contributed by atoms with Crippen LogP contribution in [0.1, 0.15) is 36.8 Å². The number of alkyl halides is 5. The average Bonchev–Trinajstić information content (AvgIpc) is 2.53. The second-order valence-electron chi connectivity index (χ2n) is 6.41. The monoisotopic (exact) mass is 379 g/mol. The summed E-state index contributed by atoms with van der Waals surface area (Å²) in [6.07, 6.45) is -5.47. The molecule has 144 valence electrons. The van der Waals surface area contributed by atoms with Gasteiger partial charge in [-0.2, -0.15) is 13.2 Å². The summed E-state index contributed by atoms with van der Waals surface area (Å²) in [4.78, 5) is 24.5. The number of nitrogens with zero attached hydrogens (tertiary/aromatic N) is 1. The Hall–Kier alpha value is -2.19. The lowest BCUT2D eigenvalue weighted by Gasteiger charge is -2.31. The second-order valence-corrected chi connectivity index (χ2v) is 6.41. The molecule has 1 saturated carbocycles. The van der Waals surface area contributed by atoms with E-state index in [9.17, 15) is 31.5 Å². The van der Waals surface area contributed by atoms with Gasteiger partial charge in [0.15, 0.2) is 0 Å². The van der Waals surface area contributed by atoms with Gasteiger partial charge in [-0.05, 0) is 30.5 Å². The van der Waals surface area contributed by atoms with Crippen molar-refractivity contribution in [2.45, 2.75) is 44.3 Å². The van der Waals surface area contributed by atoms with Crippen LogP contribution in [0.25, 0.3) is 0 Å². The van der Waals surface area contributed by atoms with Crippen molar-refractivity contribution in [3.63, 3.8) is 0 Å². The van der Waals surface area contributed by atoms with Crippen LogP contribution in [0.5, 0.6) is 0 Å². The summed E-state index contributed by atoms with van der Waals surface area (Å²) in [5.41, 5.74) is -0.527. The van der Waals surface area contributed by atoms with Gasteiger partial charge in [0.05, 0.1) is 5.56 Å². The molecule has 1 aromatic carbocycles. The average molecular weight is 379 g/mol. The number of benzene rings is 1. The fourth-order valence-corrected chi connectivity index (χ4v) is 2.94. The molecule has 1 fully saturated rings. The van der Waals surface area contributed by atoms with Crippen molar-refractivity contribution in [3.8, 4) is 0 Å². The summed E-state index contributed by atoms with van der Waals surface area (Å²) >= 11 is 0. The molecule has 0 unspecified atom stereocenters. The molecule has 0 aliphatic heterocycles. The van der Waals surface area contributed by atoms with Gasteiger partial charge in [0.25, 0.3) is 0 Å². The number of carboxylic acid groups (broad SMARTS) is 1. The molecule has 4 nitrogen and oxygen atoms in total. The van der Waals surface area contributed by atoms with Gasteiger partial charge in [0, 0.05) is 25.3 Å². The lowest BCUT2D eigenvalue weighted by Crippen LogP contribution is -2.41. The van der Waals surface area contributed by atoms with Gasteiger partial charge in [0.1, 0.15) is 6.54 Å². The SMILES string of the molecule is O=C(O)CN(Cc1ccc(C(F)(F)F)cc1)C(=O)C1CCC(F)(F)CC1. The Bertz CT molecular complexity index is 647. The summed E-state index contributed by atoms with van der Waals surface area (Å²) in [5, 5.41) is 8.98. The number of carbonyl (C=O) groups excluding carboxylic acids is 1. The third-order valence-electron chi connectivity index (χ3n) is 4.36. The smallest absolute Gasteiger partial charge is 0.416 e. The molecular formula is C17H18F5NO3. The number of aliphatic carboxylic acids is 1. The molecule has 0 bridgehead atoms. The van der Waals surface area contributed by atoms with Crippen LogP contribution < -0.4 is 0 Å². The zero-order chi connectivity index (χ0) is 19.5. The molecule has 0 heterocycles. The first-order valence-electron chi connectivity index (χ1n) is 8.02. The van der Waals surface area contributed by atoms with Crippen molar-refractivity contribution in [2.75, 3.05) is 6.54 Å². The third-order valence-corrected chi connectivity index (χ3v) is 4.36. The maximum Gasteiger partial charge on any atom is 0.416 e. The van der Waals surface area contributed by atoms with Crippen molar-refractivity contribution in [3.05, 3.63) is 35.4 Å². The Kier molecular flexibility index (Phi) is 5.87. The van der Waals surface area contributed by atoms with Gasteiger partial charge in [-0.3, -0.25) is 9.59 Å². The fourth-order valence-electron chi connectivity index (χ4n) is 2.94. The summed E-state index contributed by atoms with van der Waals surface area (Å²) in [6.45, 7) is -0.844. The van der Waals surface area contributed by atoms with Crippen LogP contribution in [0, 0.1) is 5.92 Å². The highest BCUT2D eigenvalue weighted by Gasteiger charge is 2.39. The third kappa shape index (κ3) is 5.40. The van der Waals surface area contributed by atoms with Gasteiger partial charge in [-0.15, -0.1) is 0 Å². The molecule has 0 spiro atoms. The van der Waals surface area contributed by atoms with Gasteiger partial charge in [-0.1, -0.05) is 12.1 Å². The Morgan fingerprint density at radius 2 is 1.65 bits per heavy atom. The standard InChI is InChI=1S/C17H18F5NO3/c18-16(19)7-5-12(6-8-16)15(26)23(10-14(24)25)9-11-1-3-13(4-2-11)17(20,21)22/h1-4,12H,5-10H2,(H,24,25). The molecule has 26 heavy (non-hydrogen) atoms. The molecular weight excluding hydrogens is 361 g/mol. The molecule has 1 aliphatic carbocycles. The van der Waals surface area contributed by atoms with Crippen LogP contribution in [0.4, 0.5) is 22.0 Å². The first-order chi connectivity index (χ1) is 12.0. The summed E-state index contributed by atoms with van der Waals surface area (Å²) in [7, 11) is 0. The summed E-state index contributed by atoms with van der Waals surface area (Å²) in [6, 6.07) is 4.03. The van der Waals surface area contributed by atoms with Crippen molar-refractivity contribution in [1.29, 1.82) is 0 Å². The van der Waals surface area contributed by atoms with E-state index in [4.69, 9.17) is 5.11 Å². The minimum atomic E-state index is -4.50. The van der Waals surface area contributed by atoms with Crippen molar-refractivity contribution in [1.82, 2.24) is 4.90 Å². The lowest BCUT2D eigenvalue weighted by atomic mass is 9.86. The van der Waals surface area contributed by atoms with Crippen LogP contribution in [0.3, 0.4) is 0 Å². The zero-order valence-electron chi connectivity index (χ0n) is 13.7. The van der Waals surface area contributed by atoms with E-state index in [1.165, 1.54) is 12.1 Å². The molecule has 2 rings (SSSR count). The number of hydrogen-bond acceptors (Lipinski definition) is 2. The van der Waals surface area contributed by atoms with Gasteiger partial charge in [0.2, 0.25) is 11.8 Å². The maximum absolute atomic E-state index is 13.2. The maximum atomic E-state index is 13.2. The molecule has 1 aliphatic rings. The van der Waals surface area contributed by atoms with Gasteiger partial charge >= 0.3 is 12.1 Å². The number of carbonyl (C=O) groups is 2. The quantitative estimate of drug-likeness (QED) is 0.789. The van der Waals surface area contributed by atoms with Gasteiger partial charge < -0.3 is 10.0 Å². The minimum Gasteiger partial charge on any atom is -0.480 e. The largest absolute Gasteiger partial charge is 0.480 e. The molecule has 9 heteroatoms. The van der Waals surface area contributed by atoms with Crippen LogP contribution >= 0.6 is 0 Å². The number of carboxylic acids is 1. The van der Waals surface area contributed by atoms with Crippen LogP contribution in [-0.2, 0) is 22.3 Å². The van der Waals surface area contributed by atoms with Crippen LogP contribution in [0.2, 0.25) is 0 Å². The molecule has 1 aromatic rings. The Morgan fingerprint density at radius 1 is 1.12 bits per heavy atom. The summed E-state index contributed by atoms with van der Waals surface area (Å²) < 4.78 is 64.2. The first kappa shape index (κ1) is 20.1. The minimum absolute atomic E-state index is 0.0467. The van der Waals surface area contributed by atoms with E-state index in [1.54, 1.807) is 0 Å². The second kappa shape index (κ2) is 7.59. The van der Waals surface area contributed by atoms with Crippen molar-refractivity contribution in [2.24, 2.45) is 5.92 Å². The van der Waals surface area contributed by atoms with Crippen molar-refractivity contribution < 1.29 is 36.6 Å². The number of rotatable bonds is 5. The fraction of sp³-hybridized carbons (Fsp3) is 0.529. The van der Waals surface area contributed by atoms with Crippen LogP contribution in [0.15, 0.2) is 24.3 Å². The lowest BCUT2D eigenvalue weighted by molar-refractivity contribution is -0.149. The zero-order valence-corrected chi connectivity index (χ0v) is 13.7. The van der Waals surface area contributed by atoms with E-state index in [0.29, 0.717) is 5.56 Å². The van der Waals surface area contributed by atoms with E-state index in [2.05, 4.69) is 0 Å². The Balaban J connectivity index is 2.09. The Morgan fingerprint density at radius 3 is 2.12 bits per heavy atom. The number of hydrogen-bond donors (Lipinski definition) is 1. The molecule has 0 radical (unpaired) electrons. The predicted octanol–water partition coefficient (Wildman–Crippen LogP) is 3.94. The van der Waals surface area contributed by atoms with E-state index < -0.39 is 54.8 Å². The molecule has 0 atom stereocenters. The van der Waals surface area contributed by atoms with Crippen LogP contribution in [-0.4, -0.2) is 34.4 Å². The molecule has 0 saturated heterocycles. The number of amides is 1. The van der Waals surface area contributed by atoms with Gasteiger partial charge in [-0.25, -0.2) is 8.78 Å². The topological polar surface area (TPSA) is 57.6 Å². The highest BCUT2D eigenvalue weighted by atomic mass is 19.4. The van der Waals surface area contributed by atoms with E-state index in [1.807, 2.05) is 0 Å². The Labute approximate surface area is 146 Å². The molecule has 1 amide bonds. The highest BCUT2D eigenvalue weighted by molar-refractivity contribution is 5.83. The molecule has 1 N–H and O–H groups in total. The number of halogens is 5. The molecule has 0 aromatic heterocycles. The highest BCUT2D eigenvalue weighted by Crippen LogP contribution is 2.37. The first-order valence-corrected chi connectivity index (χ1v) is 8.02. The van der Waals surface area contributed by atoms with E-state index in [0.717, 1.165) is 17.0 Å².